The van der Waals surface area contributed by atoms with Crippen molar-refractivity contribution in [1.29, 1.82) is 0 Å². The van der Waals surface area contributed by atoms with Crippen LogP contribution in [0.1, 0.15) is 6.92 Å². The largest absolute Gasteiger partial charge is 0.504 e. The van der Waals surface area contributed by atoms with E-state index in [9.17, 15) is 0 Å². The normalized spacial score (nSPS) is 9.30. The Labute approximate surface area is 59.7 Å². The van der Waals surface area contributed by atoms with Crippen LogP contribution in [0, 0.1) is 0 Å². The lowest BCUT2D eigenvalue weighted by Crippen LogP contribution is -1.96. The first kappa shape index (κ1) is 6.86. The van der Waals surface area contributed by atoms with E-state index in [0.717, 1.165) is 12.2 Å². The Bertz CT molecular complexity index is 213. The first-order valence-corrected chi connectivity index (χ1v) is 3.21. The van der Waals surface area contributed by atoms with Crippen LogP contribution in [0.2, 0.25) is 0 Å². The maximum absolute atomic E-state index is 9.12. The third-order valence-corrected chi connectivity index (χ3v) is 1.17. The third-order valence-electron chi connectivity index (χ3n) is 1.17. The number of anilines is 1. The van der Waals surface area contributed by atoms with Crippen LogP contribution in [-0.2, 0) is 0 Å². The second-order valence-electron chi connectivity index (χ2n) is 1.92. The molecule has 1 aromatic rings. The van der Waals surface area contributed by atoms with Crippen molar-refractivity contribution in [2.24, 2.45) is 0 Å². The third kappa shape index (κ3) is 1.37. The van der Waals surface area contributed by atoms with E-state index < -0.39 is 0 Å². The molecule has 0 aliphatic rings. The maximum atomic E-state index is 9.12. The topological polar surface area (TPSA) is 45.2 Å². The maximum Gasteiger partial charge on any atom is 0.157 e. The van der Waals surface area contributed by atoms with Gasteiger partial charge in [-0.3, -0.25) is 4.98 Å². The average molecular weight is 138 g/mol. The highest BCUT2D eigenvalue weighted by Gasteiger charge is 1.94. The highest BCUT2D eigenvalue weighted by Crippen LogP contribution is 2.19. The lowest BCUT2D eigenvalue weighted by molar-refractivity contribution is 0.474. The molecular formula is C7H10N2O. The van der Waals surface area contributed by atoms with Gasteiger partial charge in [0, 0.05) is 12.7 Å². The number of hydrogen-bond donors (Lipinski definition) is 2. The minimum absolute atomic E-state index is 0.198. The zero-order chi connectivity index (χ0) is 7.40. The summed E-state index contributed by atoms with van der Waals surface area (Å²) in [5.41, 5.74) is 0.734. The number of rotatable bonds is 2. The van der Waals surface area contributed by atoms with Gasteiger partial charge in [0.05, 0.1) is 11.9 Å². The van der Waals surface area contributed by atoms with Crippen LogP contribution in [0.25, 0.3) is 0 Å². The first-order valence-electron chi connectivity index (χ1n) is 3.21. The molecule has 0 aromatic carbocycles. The second kappa shape index (κ2) is 3.06. The van der Waals surface area contributed by atoms with Crippen molar-refractivity contribution in [2.45, 2.75) is 6.92 Å². The summed E-state index contributed by atoms with van der Waals surface area (Å²) in [4.78, 5) is 3.74. The van der Waals surface area contributed by atoms with Gasteiger partial charge in [-0.15, -0.1) is 0 Å². The van der Waals surface area contributed by atoms with E-state index in [0.29, 0.717) is 0 Å². The van der Waals surface area contributed by atoms with Gasteiger partial charge in [0.1, 0.15) is 0 Å². The van der Waals surface area contributed by atoms with E-state index in [2.05, 4.69) is 10.3 Å². The van der Waals surface area contributed by atoms with Crippen LogP contribution in [0.15, 0.2) is 18.5 Å². The fourth-order valence-corrected chi connectivity index (χ4v) is 0.726. The van der Waals surface area contributed by atoms with E-state index >= 15 is 0 Å². The molecule has 0 fully saturated rings. The minimum Gasteiger partial charge on any atom is -0.504 e. The molecule has 0 bridgehead atoms. The lowest BCUT2D eigenvalue weighted by Gasteiger charge is -2.02. The molecule has 0 saturated heterocycles. The Morgan fingerprint density at radius 1 is 1.70 bits per heavy atom. The number of nitrogens with one attached hydrogen (secondary N) is 1. The number of hydrogen-bond acceptors (Lipinski definition) is 3. The lowest BCUT2D eigenvalue weighted by atomic mass is 10.4. The van der Waals surface area contributed by atoms with Crippen LogP contribution >= 0.6 is 0 Å². The van der Waals surface area contributed by atoms with Crippen LogP contribution in [0.5, 0.6) is 5.75 Å². The Hall–Kier alpha value is -1.25. The molecule has 1 aromatic heterocycles. The van der Waals surface area contributed by atoms with Crippen LogP contribution < -0.4 is 5.32 Å². The summed E-state index contributed by atoms with van der Waals surface area (Å²) in [5, 5.41) is 12.1. The number of nitrogens with zero attached hydrogens (tertiary/aromatic N) is 1. The van der Waals surface area contributed by atoms with Gasteiger partial charge in [0.15, 0.2) is 5.75 Å². The standard InChI is InChI=1S/C7H10N2O/c1-2-9-6-3-4-8-5-7(6)10/h3-5,10H,2H2,1H3,(H,8,9). The average Bonchev–Trinajstić information content (AvgIpc) is 1.94. The van der Waals surface area contributed by atoms with Gasteiger partial charge in [-0.25, -0.2) is 0 Å². The molecule has 1 rings (SSSR count). The zero-order valence-electron chi connectivity index (χ0n) is 5.83. The van der Waals surface area contributed by atoms with Crippen LogP contribution in [-0.4, -0.2) is 16.6 Å². The van der Waals surface area contributed by atoms with Gasteiger partial charge >= 0.3 is 0 Å². The van der Waals surface area contributed by atoms with E-state index in [1.54, 1.807) is 12.3 Å². The van der Waals surface area contributed by atoms with E-state index in [-0.39, 0.29) is 5.75 Å². The van der Waals surface area contributed by atoms with Gasteiger partial charge in [0.2, 0.25) is 0 Å². The highest BCUT2D eigenvalue weighted by molar-refractivity contribution is 5.53. The predicted molar refractivity (Wildman–Crippen MR) is 40.1 cm³/mol. The van der Waals surface area contributed by atoms with Gasteiger partial charge in [-0.05, 0) is 13.0 Å². The predicted octanol–water partition coefficient (Wildman–Crippen LogP) is 1.22. The van der Waals surface area contributed by atoms with Crippen LogP contribution in [0.3, 0.4) is 0 Å². The van der Waals surface area contributed by atoms with Gasteiger partial charge in [0.25, 0.3) is 0 Å². The molecule has 3 heteroatoms. The van der Waals surface area contributed by atoms with Gasteiger partial charge in [-0.2, -0.15) is 0 Å². The molecule has 54 valence electrons. The molecule has 0 unspecified atom stereocenters. The summed E-state index contributed by atoms with van der Waals surface area (Å²) in [5.74, 6) is 0.198. The summed E-state index contributed by atoms with van der Waals surface area (Å²) >= 11 is 0. The summed E-state index contributed by atoms with van der Waals surface area (Å²) in [6.07, 6.45) is 3.05. The summed E-state index contributed by atoms with van der Waals surface area (Å²) in [6.45, 7) is 2.78. The number of aromatic hydroxyl groups is 1. The Balaban J connectivity index is 2.81. The Kier molecular flexibility index (Phi) is 2.10. The SMILES string of the molecule is CCNc1ccncc1O. The minimum atomic E-state index is 0.198. The molecule has 0 saturated carbocycles. The van der Waals surface area contributed by atoms with E-state index in [4.69, 9.17) is 5.11 Å². The molecule has 0 atom stereocenters. The van der Waals surface area contributed by atoms with Crippen molar-refractivity contribution in [2.75, 3.05) is 11.9 Å². The quantitative estimate of drug-likeness (QED) is 0.645. The van der Waals surface area contributed by atoms with Crippen molar-refractivity contribution >= 4 is 5.69 Å². The van der Waals surface area contributed by atoms with Crippen molar-refractivity contribution in [3.63, 3.8) is 0 Å². The molecule has 3 nitrogen and oxygen atoms in total. The molecule has 0 aliphatic carbocycles. The fraction of sp³-hybridized carbons (Fsp3) is 0.286. The van der Waals surface area contributed by atoms with E-state index in [1.165, 1.54) is 6.20 Å². The molecule has 10 heavy (non-hydrogen) atoms. The molecule has 0 spiro atoms. The van der Waals surface area contributed by atoms with Gasteiger partial charge in [-0.1, -0.05) is 0 Å². The molecule has 0 amide bonds. The first-order chi connectivity index (χ1) is 4.84. The highest BCUT2D eigenvalue weighted by atomic mass is 16.3. The number of pyridine rings is 1. The van der Waals surface area contributed by atoms with Crippen molar-refractivity contribution in [1.82, 2.24) is 4.98 Å². The summed E-state index contributed by atoms with van der Waals surface area (Å²) in [7, 11) is 0. The fourth-order valence-electron chi connectivity index (χ4n) is 0.726. The van der Waals surface area contributed by atoms with Gasteiger partial charge < -0.3 is 10.4 Å². The van der Waals surface area contributed by atoms with Crippen LogP contribution in [0.4, 0.5) is 5.69 Å². The molecule has 0 aliphatic heterocycles. The second-order valence-corrected chi connectivity index (χ2v) is 1.92. The van der Waals surface area contributed by atoms with Crippen molar-refractivity contribution in [3.05, 3.63) is 18.5 Å². The van der Waals surface area contributed by atoms with Crippen molar-refractivity contribution < 1.29 is 5.11 Å². The molecule has 2 N–H and O–H groups in total. The smallest absolute Gasteiger partial charge is 0.157 e. The van der Waals surface area contributed by atoms with Crippen molar-refractivity contribution in [3.8, 4) is 5.75 Å². The van der Waals surface area contributed by atoms with E-state index in [1.807, 2.05) is 6.92 Å². The zero-order valence-corrected chi connectivity index (χ0v) is 5.83. The Morgan fingerprint density at radius 2 is 2.50 bits per heavy atom. The number of aromatic nitrogens is 1. The molecule has 1 heterocycles. The molecule has 0 radical (unpaired) electrons. The summed E-state index contributed by atoms with van der Waals surface area (Å²) in [6, 6.07) is 1.73. The monoisotopic (exact) mass is 138 g/mol. The Morgan fingerprint density at radius 3 is 3.10 bits per heavy atom. The summed E-state index contributed by atoms with van der Waals surface area (Å²) < 4.78 is 0. The molecular weight excluding hydrogens is 128 g/mol.